The zero-order valence-electron chi connectivity index (χ0n) is 20.0. The van der Waals surface area contributed by atoms with Crippen LogP contribution in [0.1, 0.15) is 46.9 Å². The summed E-state index contributed by atoms with van der Waals surface area (Å²) in [5.41, 5.74) is 5.49. The number of rotatable bonds is 12. The van der Waals surface area contributed by atoms with E-state index in [-0.39, 0.29) is 0 Å². The molecule has 4 rings (SSSR count). The van der Waals surface area contributed by atoms with Crippen molar-refractivity contribution in [1.82, 2.24) is 0 Å². The molecule has 35 heavy (non-hydrogen) atoms. The molecule has 0 N–H and O–H groups in total. The number of hydrogen-bond acceptors (Lipinski definition) is 1. The van der Waals surface area contributed by atoms with Crippen molar-refractivity contribution in [2.75, 3.05) is 13.2 Å². The molecule has 0 spiro atoms. The summed E-state index contributed by atoms with van der Waals surface area (Å²) in [7, 11) is 0. The first-order valence-electron chi connectivity index (χ1n) is 12.3. The molecule has 0 aliphatic rings. The van der Waals surface area contributed by atoms with Gasteiger partial charge in [0.2, 0.25) is 0 Å². The molecule has 2 unspecified atom stereocenters. The molecular weight excluding hydrogens is 560 g/mol. The van der Waals surface area contributed by atoms with E-state index in [0.29, 0.717) is 11.8 Å². The van der Waals surface area contributed by atoms with E-state index in [4.69, 9.17) is 4.74 Å². The fourth-order valence-electron chi connectivity index (χ4n) is 4.59. The highest BCUT2D eigenvalue weighted by Crippen LogP contribution is 2.28. The smallest absolute Gasteiger partial charge is 0.0471 e. The van der Waals surface area contributed by atoms with Crippen LogP contribution in [0.2, 0.25) is 0 Å². The molecule has 0 aromatic heterocycles. The molecule has 0 aliphatic carbocycles. The predicted molar refractivity (Wildman–Crippen MR) is 154 cm³/mol. The third-order valence-electron chi connectivity index (χ3n) is 6.55. The number of halogens is 2. The Kier molecular flexibility index (Phi) is 10.2. The van der Waals surface area contributed by atoms with E-state index in [1.165, 1.54) is 22.3 Å². The van der Waals surface area contributed by atoms with Crippen LogP contribution in [-0.2, 0) is 17.6 Å². The Bertz CT molecular complexity index is 1030. The first kappa shape index (κ1) is 25.9. The molecule has 4 aromatic rings. The van der Waals surface area contributed by atoms with E-state index in [1.54, 1.807) is 0 Å². The highest BCUT2D eigenvalue weighted by molar-refractivity contribution is 9.10. The van der Waals surface area contributed by atoms with E-state index < -0.39 is 0 Å². The second kappa shape index (κ2) is 13.8. The van der Waals surface area contributed by atoms with Gasteiger partial charge in [0.1, 0.15) is 0 Å². The SMILES string of the molecule is Brc1ccc(C(CCOCCC(Cc2ccccc2)c2ccc(Br)cc2)Cc2ccccc2)cc1. The first-order valence-corrected chi connectivity index (χ1v) is 13.9. The summed E-state index contributed by atoms with van der Waals surface area (Å²) >= 11 is 7.14. The lowest BCUT2D eigenvalue weighted by atomic mass is 9.89. The van der Waals surface area contributed by atoms with Gasteiger partial charge in [-0.1, -0.05) is 117 Å². The number of benzene rings is 4. The van der Waals surface area contributed by atoms with Gasteiger partial charge in [0, 0.05) is 22.2 Å². The van der Waals surface area contributed by atoms with Crippen LogP contribution in [0.25, 0.3) is 0 Å². The molecule has 0 aliphatic heterocycles. The molecule has 0 bridgehead atoms. The molecule has 2 atom stereocenters. The second-order valence-electron chi connectivity index (χ2n) is 9.07. The first-order chi connectivity index (χ1) is 17.2. The maximum atomic E-state index is 6.24. The quantitative estimate of drug-likeness (QED) is 0.149. The molecule has 0 radical (unpaired) electrons. The zero-order valence-corrected chi connectivity index (χ0v) is 23.1. The Morgan fingerprint density at radius 2 is 0.857 bits per heavy atom. The molecular formula is C32H32Br2O. The van der Waals surface area contributed by atoms with Crippen molar-refractivity contribution < 1.29 is 4.74 Å². The van der Waals surface area contributed by atoms with Crippen molar-refractivity contribution >= 4 is 31.9 Å². The normalized spacial score (nSPS) is 12.9. The minimum Gasteiger partial charge on any atom is -0.381 e. The minimum absolute atomic E-state index is 0.442. The summed E-state index contributed by atoms with van der Waals surface area (Å²) in [5, 5.41) is 0. The Hall–Kier alpha value is -2.20. The van der Waals surface area contributed by atoms with Gasteiger partial charge in [0.05, 0.1) is 0 Å². The highest BCUT2D eigenvalue weighted by atomic mass is 79.9. The largest absolute Gasteiger partial charge is 0.381 e. The van der Waals surface area contributed by atoms with Gasteiger partial charge in [-0.2, -0.15) is 0 Å². The number of hydrogen-bond donors (Lipinski definition) is 0. The van der Waals surface area contributed by atoms with Gasteiger partial charge in [-0.15, -0.1) is 0 Å². The molecule has 0 fully saturated rings. The van der Waals surface area contributed by atoms with Gasteiger partial charge >= 0.3 is 0 Å². The van der Waals surface area contributed by atoms with Gasteiger partial charge in [-0.25, -0.2) is 0 Å². The molecule has 3 heteroatoms. The van der Waals surface area contributed by atoms with Crippen LogP contribution in [0.15, 0.2) is 118 Å². The maximum absolute atomic E-state index is 6.24. The van der Waals surface area contributed by atoms with Crippen LogP contribution < -0.4 is 0 Å². The Morgan fingerprint density at radius 1 is 0.486 bits per heavy atom. The topological polar surface area (TPSA) is 9.23 Å². The van der Waals surface area contributed by atoms with Crippen LogP contribution >= 0.6 is 31.9 Å². The summed E-state index contributed by atoms with van der Waals surface area (Å²) in [4.78, 5) is 0. The average Bonchev–Trinajstić information content (AvgIpc) is 2.89. The lowest BCUT2D eigenvalue weighted by Gasteiger charge is -2.20. The predicted octanol–water partition coefficient (Wildman–Crippen LogP) is 9.36. The Labute approximate surface area is 226 Å². The summed E-state index contributed by atoms with van der Waals surface area (Å²) in [6.45, 7) is 1.54. The van der Waals surface area contributed by atoms with Crippen molar-refractivity contribution in [3.63, 3.8) is 0 Å². The van der Waals surface area contributed by atoms with E-state index in [2.05, 4.69) is 141 Å². The summed E-state index contributed by atoms with van der Waals surface area (Å²) in [6, 6.07) is 39.1. The maximum Gasteiger partial charge on any atom is 0.0471 e. The zero-order chi connectivity index (χ0) is 24.3. The van der Waals surface area contributed by atoms with Crippen molar-refractivity contribution in [2.24, 2.45) is 0 Å². The van der Waals surface area contributed by atoms with E-state index in [9.17, 15) is 0 Å². The molecule has 1 nitrogen and oxygen atoms in total. The van der Waals surface area contributed by atoms with Gasteiger partial charge in [0.25, 0.3) is 0 Å². The van der Waals surface area contributed by atoms with Crippen molar-refractivity contribution in [3.8, 4) is 0 Å². The molecule has 0 saturated heterocycles. The van der Waals surface area contributed by atoms with E-state index in [1.807, 2.05) is 0 Å². The monoisotopic (exact) mass is 590 g/mol. The van der Waals surface area contributed by atoms with Gasteiger partial charge < -0.3 is 4.74 Å². The lowest BCUT2D eigenvalue weighted by Crippen LogP contribution is -2.11. The van der Waals surface area contributed by atoms with Crippen molar-refractivity contribution in [2.45, 2.75) is 37.5 Å². The number of ether oxygens (including phenoxy) is 1. The van der Waals surface area contributed by atoms with Crippen LogP contribution in [-0.4, -0.2) is 13.2 Å². The molecule has 4 aromatic carbocycles. The van der Waals surface area contributed by atoms with Gasteiger partial charge in [0.15, 0.2) is 0 Å². The summed E-state index contributed by atoms with van der Waals surface area (Å²) in [6.07, 6.45) is 4.08. The van der Waals surface area contributed by atoms with Crippen LogP contribution in [0, 0.1) is 0 Å². The van der Waals surface area contributed by atoms with E-state index in [0.717, 1.165) is 47.8 Å². The van der Waals surface area contributed by atoms with Gasteiger partial charge in [-0.05, 0) is 84.0 Å². The summed E-state index contributed by atoms with van der Waals surface area (Å²) in [5.74, 6) is 0.883. The van der Waals surface area contributed by atoms with Crippen LogP contribution in [0.5, 0.6) is 0 Å². The Morgan fingerprint density at radius 3 is 1.23 bits per heavy atom. The summed E-state index contributed by atoms with van der Waals surface area (Å²) < 4.78 is 8.48. The second-order valence-corrected chi connectivity index (χ2v) is 10.9. The Balaban J connectivity index is 1.34. The highest BCUT2D eigenvalue weighted by Gasteiger charge is 2.15. The van der Waals surface area contributed by atoms with Crippen molar-refractivity contribution in [1.29, 1.82) is 0 Å². The lowest BCUT2D eigenvalue weighted by molar-refractivity contribution is 0.119. The standard InChI is InChI=1S/C32H32Br2O/c33-31-15-11-27(12-16-31)29(23-25-7-3-1-4-8-25)19-21-35-22-20-30(24-26-9-5-2-6-10-26)28-13-17-32(34)18-14-28/h1-18,29-30H,19-24H2. The fourth-order valence-corrected chi connectivity index (χ4v) is 5.12. The third kappa shape index (κ3) is 8.45. The van der Waals surface area contributed by atoms with Crippen LogP contribution in [0.4, 0.5) is 0 Å². The minimum atomic E-state index is 0.442. The molecule has 0 heterocycles. The van der Waals surface area contributed by atoms with Gasteiger partial charge in [-0.3, -0.25) is 0 Å². The van der Waals surface area contributed by atoms with E-state index >= 15 is 0 Å². The van der Waals surface area contributed by atoms with Crippen LogP contribution in [0.3, 0.4) is 0 Å². The molecule has 0 amide bonds. The fraction of sp³-hybridized carbons (Fsp3) is 0.250. The molecule has 0 saturated carbocycles. The molecule has 180 valence electrons. The third-order valence-corrected chi connectivity index (χ3v) is 7.61. The average molecular weight is 592 g/mol. The van der Waals surface area contributed by atoms with Crippen molar-refractivity contribution in [3.05, 3.63) is 140 Å².